The lowest BCUT2D eigenvalue weighted by Gasteiger charge is -2.12. The number of rotatable bonds is 5. The van der Waals surface area contributed by atoms with Crippen LogP contribution in [-0.2, 0) is 14.6 Å². The van der Waals surface area contributed by atoms with Crippen LogP contribution in [0.1, 0.15) is 50.5 Å². The van der Waals surface area contributed by atoms with Gasteiger partial charge >= 0.3 is 0 Å². The molecule has 1 aromatic carbocycles. The maximum atomic E-state index is 11.9. The predicted molar refractivity (Wildman–Crippen MR) is 88.0 cm³/mol. The Morgan fingerprint density at radius 2 is 1.55 bits per heavy atom. The largest absolute Gasteiger partial charge is 0.344 e. The Balaban J connectivity index is 2.09. The molecule has 4 nitrogen and oxygen atoms in total. The lowest BCUT2D eigenvalue weighted by Crippen LogP contribution is -2.21. The summed E-state index contributed by atoms with van der Waals surface area (Å²) in [5.41, 5.74) is 2.50. The molecule has 0 atom stereocenters. The molecule has 1 aliphatic rings. The number of carbonyl (C=O) groups is 1. The van der Waals surface area contributed by atoms with Crippen molar-refractivity contribution in [2.75, 3.05) is 5.88 Å². The van der Waals surface area contributed by atoms with Crippen molar-refractivity contribution in [3.05, 3.63) is 35.4 Å². The van der Waals surface area contributed by atoms with Gasteiger partial charge in [-0.1, -0.05) is 43.0 Å². The summed E-state index contributed by atoms with van der Waals surface area (Å²) in [5, 5.41) is 2.20. The molecule has 22 heavy (non-hydrogen) atoms. The Labute approximate surface area is 132 Å². The monoisotopic (exact) mass is 321 g/mol. The summed E-state index contributed by atoms with van der Waals surface area (Å²) in [7, 11) is -3.45. The topological polar surface area (TPSA) is 63.2 Å². The average molecular weight is 321 g/mol. The van der Waals surface area contributed by atoms with Gasteiger partial charge in [0.2, 0.25) is 6.41 Å². The standard InChI is InChI=1S/C17H23NO3S/c19-13-18-14-22(20,21)17-10-8-16(9-11-17)12-15-6-4-2-1-3-5-7-15/h8-13H,1-7,14H2,(H,18,19). The van der Waals surface area contributed by atoms with Gasteiger partial charge in [-0.15, -0.1) is 0 Å². The average Bonchev–Trinajstić information content (AvgIpc) is 2.48. The van der Waals surface area contributed by atoms with Crippen molar-refractivity contribution in [1.29, 1.82) is 0 Å². The highest BCUT2D eigenvalue weighted by atomic mass is 32.2. The lowest BCUT2D eigenvalue weighted by atomic mass is 9.95. The number of nitrogens with one attached hydrogen (secondary N) is 1. The SMILES string of the molecule is O=CNCS(=O)(=O)c1ccc(C=C2CCCCCCC2)cc1. The van der Waals surface area contributed by atoms with Gasteiger partial charge in [-0.25, -0.2) is 8.42 Å². The maximum absolute atomic E-state index is 11.9. The Morgan fingerprint density at radius 1 is 0.955 bits per heavy atom. The van der Waals surface area contributed by atoms with Crippen LogP contribution < -0.4 is 5.32 Å². The molecule has 0 radical (unpaired) electrons. The summed E-state index contributed by atoms with van der Waals surface area (Å²) >= 11 is 0. The van der Waals surface area contributed by atoms with E-state index in [-0.39, 0.29) is 10.8 Å². The second-order valence-corrected chi connectivity index (χ2v) is 7.71. The number of hydrogen-bond donors (Lipinski definition) is 1. The minimum absolute atomic E-state index is 0.238. The van der Waals surface area contributed by atoms with Gasteiger partial charge in [0.15, 0.2) is 9.84 Å². The van der Waals surface area contributed by atoms with Gasteiger partial charge in [-0.2, -0.15) is 0 Å². The van der Waals surface area contributed by atoms with Crippen molar-refractivity contribution in [1.82, 2.24) is 5.32 Å². The van der Waals surface area contributed by atoms with Crippen molar-refractivity contribution >= 4 is 22.3 Å². The summed E-state index contributed by atoms with van der Waals surface area (Å²) in [6, 6.07) is 6.88. The number of allylic oxidation sites excluding steroid dienone is 1. The fourth-order valence-electron chi connectivity index (χ4n) is 2.74. The van der Waals surface area contributed by atoms with E-state index >= 15 is 0 Å². The highest BCUT2D eigenvalue weighted by molar-refractivity contribution is 7.91. The summed E-state index contributed by atoms with van der Waals surface area (Å²) in [6.45, 7) is 0. The van der Waals surface area contributed by atoms with Gasteiger partial charge in [0, 0.05) is 0 Å². The lowest BCUT2D eigenvalue weighted by molar-refractivity contribution is -0.109. The third-order valence-corrected chi connectivity index (χ3v) is 5.50. The summed E-state index contributed by atoms with van der Waals surface area (Å²) in [4.78, 5) is 10.5. The van der Waals surface area contributed by atoms with Gasteiger partial charge in [0.25, 0.3) is 0 Å². The molecule has 1 saturated carbocycles. The van der Waals surface area contributed by atoms with E-state index < -0.39 is 9.84 Å². The van der Waals surface area contributed by atoms with Crippen LogP contribution in [0.3, 0.4) is 0 Å². The van der Waals surface area contributed by atoms with Gasteiger partial charge in [-0.05, 0) is 43.4 Å². The number of sulfone groups is 1. The van der Waals surface area contributed by atoms with E-state index in [1.165, 1.54) is 37.7 Å². The van der Waals surface area contributed by atoms with Crippen LogP contribution in [0.4, 0.5) is 0 Å². The van der Waals surface area contributed by atoms with Crippen molar-refractivity contribution in [2.24, 2.45) is 0 Å². The van der Waals surface area contributed by atoms with Gasteiger partial charge < -0.3 is 5.32 Å². The van der Waals surface area contributed by atoms with Crippen LogP contribution in [0.25, 0.3) is 6.08 Å². The molecule has 0 heterocycles. The fourth-order valence-corrected chi connectivity index (χ4v) is 3.74. The molecular formula is C17H23NO3S. The molecule has 1 fully saturated rings. The van der Waals surface area contributed by atoms with Crippen LogP contribution in [-0.4, -0.2) is 20.7 Å². The third-order valence-electron chi connectivity index (χ3n) is 3.96. The first-order chi connectivity index (χ1) is 10.6. The molecule has 0 aromatic heterocycles. The van der Waals surface area contributed by atoms with Gasteiger partial charge in [-0.3, -0.25) is 4.79 Å². The normalized spacial score (nSPS) is 16.5. The van der Waals surface area contributed by atoms with E-state index in [1.54, 1.807) is 12.1 Å². The predicted octanol–water partition coefficient (Wildman–Crippen LogP) is 3.29. The highest BCUT2D eigenvalue weighted by Gasteiger charge is 2.13. The Bertz CT molecular complexity index is 608. The highest BCUT2D eigenvalue weighted by Crippen LogP contribution is 2.24. The van der Waals surface area contributed by atoms with E-state index in [1.807, 2.05) is 12.1 Å². The molecule has 1 amide bonds. The van der Waals surface area contributed by atoms with Crippen molar-refractivity contribution in [3.63, 3.8) is 0 Å². The number of benzene rings is 1. The van der Waals surface area contributed by atoms with Crippen molar-refractivity contribution < 1.29 is 13.2 Å². The first kappa shape index (κ1) is 16.7. The molecule has 1 aromatic rings. The number of hydrogen-bond acceptors (Lipinski definition) is 3. The van der Waals surface area contributed by atoms with Crippen LogP contribution in [0.15, 0.2) is 34.7 Å². The number of carbonyl (C=O) groups excluding carboxylic acids is 1. The van der Waals surface area contributed by atoms with Gasteiger partial charge in [0.05, 0.1) is 4.90 Å². The second kappa shape index (κ2) is 8.13. The molecular weight excluding hydrogens is 298 g/mol. The first-order valence-corrected chi connectivity index (χ1v) is 9.46. The molecule has 120 valence electrons. The molecule has 1 N–H and O–H groups in total. The van der Waals surface area contributed by atoms with Crippen LogP contribution >= 0.6 is 0 Å². The Morgan fingerprint density at radius 3 is 2.14 bits per heavy atom. The van der Waals surface area contributed by atoms with Crippen molar-refractivity contribution in [3.8, 4) is 0 Å². The molecule has 0 aliphatic heterocycles. The summed E-state index contributed by atoms with van der Waals surface area (Å²) < 4.78 is 23.9. The van der Waals surface area contributed by atoms with Gasteiger partial charge in [0.1, 0.15) is 5.88 Å². The molecule has 5 heteroatoms. The van der Waals surface area contributed by atoms with E-state index in [0.29, 0.717) is 6.41 Å². The van der Waals surface area contributed by atoms with Crippen molar-refractivity contribution in [2.45, 2.75) is 49.8 Å². The zero-order valence-corrected chi connectivity index (χ0v) is 13.6. The van der Waals surface area contributed by atoms with E-state index in [4.69, 9.17) is 0 Å². The zero-order valence-electron chi connectivity index (χ0n) is 12.8. The maximum Gasteiger partial charge on any atom is 0.207 e. The molecule has 1 aliphatic carbocycles. The first-order valence-electron chi connectivity index (χ1n) is 7.81. The third kappa shape index (κ3) is 4.98. The smallest absolute Gasteiger partial charge is 0.207 e. The molecule has 0 saturated heterocycles. The fraction of sp³-hybridized carbons (Fsp3) is 0.471. The molecule has 2 rings (SSSR count). The molecule has 0 spiro atoms. The molecule has 0 unspecified atom stereocenters. The summed E-state index contributed by atoms with van der Waals surface area (Å²) in [5.74, 6) is -0.364. The van der Waals surface area contributed by atoms with E-state index in [9.17, 15) is 13.2 Å². The van der Waals surface area contributed by atoms with Crippen LogP contribution in [0.2, 0.25) is 0 Å². The molecule has 0 bridgehead atoms. The van der Waals surface area contributed by atoms with E-state index in [2.05, 4.69) is 11.4 Å². The zero-order chi connectivity index (χ0) is 15.8. The minimum Gasteiger partial charge on any atom is -0.344 e. The quantitative estimate of drug-likeness (QED) is 0.846. The Kier molecular flexibility index (Phi) is 6.19. The van der Waals surface area contributed by atoms with E-state index in [0.717, 1.165) is 18.4 Å². The van der Waals surface area contributed by atoms with Crippen LogP contribution in [0.5, 0.6) is 0 Å². The Hall–Kier alpha value is -1.62. The summed E-state index contributed by atoms with van der Waals surface area (Å²) in [6.07, 6.45) is 11.3. The number of amides is 1. The van der Waals surface area contributed by atoms with Crippen LogP contribution in [0, 0.1) is 0 Å². The minimum atomic E-state index is -3.45. The second-order valence-electron chi connectivity index (χ2n) is 5.72.